The molecule has 1 saturated carbocycles. The van der Waals surface area contributed by atoms with Gasteiger partial charge in [-0.1, -0.05) is 84.3 Å². The van der Waals surface area contributed by atoms with E-state index in [0.717, 1.165) is 16.1 Å². The van der Waals surface area contributed by atoms with Gasteiger partial charge in [-0.3, -0.25) is 19.2 Å². The number of aryl methyl sites for hydroxylation is 1. The minimum Gasteiger partial charge on any atom is -0.489 e. The summed E-state index contributed by atoms with van der Waals surface area (Å²) in [7, 11) is 0. The summed E-state index contributed by atoms with van der Waals surface area (Å²) in [6.45, 7) is 15.5. The molecule has 4 atom stereocenters. The lowest BCUT2D eigenvalue weighted by atomic mass is 9.49. The smallest absolute Gasteiger partial charge is 0.251 e. The van der Waals surface area contributed by atoms with E-state index in [4.69, 9.17) is 21.1 Å². The molecule has 0 radical (unpaired) electrons. The standard InChI is InChI=1S/C51H63ClFN7O8S/c1-29-41(69-28-56-29)30-12-14-31(15-13-30)43(63)58-45(65)39-23-34(61)26-60(39)46(66)42(49(2,3)4)57-40(62)27-67-21-11-9-10-20-55-38-19-17-32(22-37(38)53)44(64)59-47-50(5,6)48(51(47,7)8)68-35-18-16-33(25-54)36(52)24-35/h12-19,22,24,28,34,39,42-43,47-48,55,61,63H,9-11,20-21,23,26-27H2,1-8H3,(H,57,62)(H,58,65)(H,59,64)/t34-,39+,42-,43+,47?,48?/m1/s1. The maximum atomic E-state index is 15.2. The van der Waals surface area contributed by atoms with Crippen LogP contribution in [0.25, 0.3) is 10.4 Å². The maximum Gasteiger partial charge on any atom is 0.251 e. The lowest BCUT2D eigenvalue weighted by Crippen LogP contribution is -2.74. The number of anilines is 1. The van der Waals surface area contributed by atoms with Crippen molar-refractivity contribution in [2.45, 2.75) is 118 Å². The van der Waals surface area contributed by atoms with Crippen molar-refractivity contribution in [3.05, 3.63) is 99.4 Å². The van der Waals surface area contributed by atoms with Gasteiger partial charge in [0.05, 0.1) is 38.5 Å². The summed E-state index contributed by atoms with van der Waals surface area (Å²) in [5.74, 6) is -2.13. The Kier molecular flexibility index (Phi) is 16.8. The third-order valence-electron chi connectivity index (χ3n) is 13.0. The summed E-state index contributed by atoms with van der Waals surface area (Å²) in [6, 6.07) is 15.9. The lowest BCUT2D eigenvalue weighted by Gasteiger charge is -2.63. The summed E-state index contributed by atoms with van der Waals surface area (Å²) >= 11 is 7.72. The van der Waals surface area contributed by atoms with E-state index in [2.05, 4.69) is 26.3 Å². The molecule has 0 unspecified atom stereocenters. The van der Waals surface area contributed by atoms with Gasteiger partial charge < -0.3 is 45.9 Å². The number of hydrogen-bond acceptors (Lipinski definition) is 12. The Hall–Kier alpha value is -5.64. The number of thiazole rings is 1. The lowest BCUT2D eigenvalue weighted by molar-refractivity contribution is -0.164. The molecular formula is C51H63ClFN7O8S. The number of β-amino-alcohol motifs (C(OH)–C–C–N with tert-alkyl or cyclic N) is 1. The van der Waals surface area contributed by atoms with Crippen LogP contribution in [0.15, 0.2) is 66.2 Å². The SMILES string of the molecule is Cc1ncsc1-c1ccc([C@H](O)NC(=O)[C@@H]2C[C@@H](O)CN2C(=O)[C@@H](NC(=O)COCCCCCNc2ccc(C(=O)NC3C(C)(C)C(Oc4ccc(C#N)c(Cl)c4)C3(C)C)cc2F)C(C)(C)C)cc1. The van der Waals surface area contributed by atoms with Crippen LogP contribution >= 0.6 is 22.9 Å². The number of halogens is 2. The van der Waals surface area contributed by atoms with Gasteiger partial charge in [0.2, 0.25) is 17.7 Å². The van der Waals surface area contributed by atoms with Crippen molar-refractivity contribution in [2.75, 3.05) is 31.6 Å². The van der Waals surface area contributed by atoms with E-state index in [1.54, 1.807) is 62.7 Å². The first-order valence-corrected chi connectivity index (χ1v) is 24.3. The number of aliphatic hydroxyl groups is 2. The van der Waals surface area contributed by atoms with E-state index >= 15 is 4.39 Å². The molecule has 69 heavy (non-hydrogen) atoms. The fraction of sp³-hybridized carbons (Fsp3) is 0.490. The minimum absolute atomic E-state index is 0.0333. The molecule has 2 fully saturated rings. The van der Waals surface area contributed by atoms with Gasteiger partial charge >= 0.3 is 0 Å². The number of amides is 4. The van der Waals surface area contributed by atoms with E-state index in [1.165, 1.54) is 28.4 Å². The predicted molar refractivity (Wildman–Crippen MR) is 262 cm³/mol. The number of nitrogens with one attached hydrogen (secondary N) is 4. The Morgan fingerprint density at radius 1 is 1.01 bits per heavy atom. The zero-order valence-corrected chi connectivity index (χ0v) is 41.9. The molecule has 1 aromatic heterocycles. The number of nitrogens with zero attached hydrogens (tertiary/aromatic N) is 3. The predicted octanol–water partition coefficient (Wildman–Crippen LogP) is 7.29. The number of benzene rings is 3. The Balaban J connectivity index is 0.901. The van der Waals surface area contributed by atoms with Crippen molar-refractivity contribution in [3.8, 4) is 22.3 Å². The molecule has 1 aliphatic heterocycles. The third kappa shape index (κ3) is 12.4. The molecule has 15 nitrogen and oxygen atoms in total. The third-order valence-corrected chi connectivity index (χ3v) is 14.3. The number of aliphatic hydroxyl groups excluding tert-OH is 2. The first-order valence-electron chi connectivity index (χ1n) is 23.1. The van der Waals surface area contributed by atoms with Gasteiger partial charge in [0.1, 0.15) is 42.4 Å². The normalized spacial score (nSPS) is 20.2. The largest absolute Gasteiger partial charge is 0.489 e. The fourth-order valence-corrected chi connectivity index (χ4v) is 10.6. The zero-order chi connectivity index (χ0) is 50.4. The van der Waals surface area contributed by atoms with E-state index in [1.807, 2.05) is 52.8 Å². The van der Waals surface area contributed by atoms with Crippen LogP contribution in [0.1, 0.15) is 108 Å². The van der Waals surface area contributed by atoms with Gasteiger partial charge in [0, 0.05) is 60.2 Å². The molecule has 2 aliphatic rings. The van der Waals surface area contributed by atoms with Crippen LogP contribution in [-0.2, 0) is 19.1 Å². The average molecular weight is 989 g/mol. The number of carbonyl (C=O) groups excluding carboxylic acids is 4. The topological polar surface area (TPSA) is 215 Å². The number of hydrogen-bond donors (Lipinski definition) is 6. The van der Waals surface area contributed by atoms with Crippen LogP contribution < -0.4 is 26.0 Å². The van der Waals surface area contributed by atoms with Gasteiger partial charge in [-0.15, -0.1) is 11.3 Å². The second-order valence-corrected chi connectivity index (χ2v) is 21.4. The minimum atomic E-state index is -1.36. The number of ether oxygens (including phenoxy) is 2. The highest BCUT2D eigenvalue weighted by Crippen LogP contribution is 2.55. The van der Waals surface area contributed by atoms with Gasteiger partial charge in [0.25, 0.3) is 5.91 Å². The van der Waals surface area contributed by atoms with E-state index in [0.29, 0.717) is 47.7 Å². The van der Waals surface area contributed by atoms with Crippen molar-refractivity contribution < 1.29 is 43.3 Å². The Bertz CT molecular complexity index is 2530. The van der Waals surface area contributed by atoms with Gasteiger partial charge in [0.15, 0.2) is 6.23 Å². The molecule has 18 heteroatoms. The quantitative estimate of drug-likeness (QED) is 0.0405. The first-order chi connectivity index (χ1) is 32.5. The van der Waals surface area contributed by atoms with E-state index < -0.39 is 70.1 Å². The summed E-state index contributed by atoms with van der Waals surface area (Å²) in [5, 5.41) is 42.5. The van der Waals surface area contributed by atoms with Crippen molar-refractivity contribution in [1.29, 1.82) is 5.26 Å². The average Bonchev–Trinajstić information content (AvgIpc) is 3.92. The second kappa shape index (κ2) is 22.0. The summed E-state index contributed by atoms with van der Waals surface area (Å²) in [4.78, 5) is 60.4. The number of rotatable bonds is 19. The fourth-order valence-electron chi connectivity index (χ4n) is 9.54. The number of likely N-dealkylation sites (tertiary alicyclic amines) is 1. The van der Waals surface area contributed by atoms with Gasteiger partial charge in [-0.25, -0.2) is 9.37 Å². The van der Waals surface area contributed by atoms with Crippen LogP contribution in [0.5, 0.6) is 5.75 Å². The van der Waals surface area contributed by atoms with Crippen LogP contribution in [0.2, 0.25) is 5.02 Å². The van der Waals surface area contributed by atoms with Crippen molar-refractivity contribution >= 4 is 52.3 Å². The van der Waals surface area contributed by atoms with Crippen molar-refractivity contribution in [2.24, 2.45) is 16.2 Å². The van der Waals surface area contributed by atoms with Crippen molar-refractivity contribution in [1.82, 2.24) is 25.8 Å². The molecule has 2 heterocycles. The van der Waals surface area contributed by atoms with Crippen LogP contribution in [0, 0.1) is 40.3 Å². The number of carbonyl (C=O) groups is 4. The van der Waals surface area contributed by atoms with Crippen LogP contribution in [0.3, 0.4) is 0 Å². The highest BCUT2D eigenvalue weighted by atomic mass is 35.5. The van der Waals surface area contributed by atoms with Gasteiger partial charge in [-0.2, -0.15) is 5.26 Å². The molecule has 1 saturated heterocycles. The Labute approximate surface area is 412 Å². The van der Waals surface area contributed by atoms with E-state index in [-0.39, 0.29) is 49.6 Å². The van der Waals surface area contributed by atoms with Crippen LogP contribution in [-0.4, -0.2) is 100 Å². The monoisotopic (exact) mass is 987 g/mol. The molecule has 4 amide bonds. The second-order valence-electron chi connectivity index (χ2n) is 20.1. The number of nitriles is 1. The summed E-state index contributed by atoms with van der Waals surface area (Å²) < 4.78 is 27.1. The molecule has 0 spiro atoms. The molecule has 1 aliphatic carbocycles. The molecule has 0 bridgehead atoms. The highest BCUT2D eigenvalue weighted by Gasteiger charge is 2.64. The number of aromatic nitrogens is 1. The maximum absolute atomic E-state index is 15.2. The molecule has 370 valence electrons. The molecular weight excluding hydrogens is 925 g/mol. The van der Waals surface area contributed by atoms with E-state index in [9.17, 15) is 34.7 Å². The highest BCUT2D eigenvalue weighted by molar-refractivity contribution is 7.13. The number of unbranched alkanes of at least 4 members (excludes halogenated alkanes) is 2. The van der Waals surface area contributed by atoms with Gasteiger partial charge in [-0.05, 0) is 67.5 Å². The molecule has 3 aromatic carbocycles. The summed E-state index contributed by atoms with van der Waals surface area (Å²) in [6.07, 6.45) is -0.657. The summed E-state index contributed by atoms with van der Waals surface area (Å²) in [5.41, 5.74) is 3.09. The molecule has 6 rings (SSSR count). The molecule has 4 aromatic rings. The Morgan fingerprint density at radius 2 is 1.72 bits per heavy atom. The van der Waals surface area contributed by atoms with Crippen molar-refractivity contribution in [3.63, 3.8) is 0 Å². The molecule has 6 N–H and O–H groups in total. The van der Waals surface area contributed by atoms with Crippen LogP contribution in [0.4, 0.5) is 10.1 Å². The zero-order valence-electron chi connectivity index (χ0n) is 40.3. The Morgan fingerprint density at radius 3 is 2.35 bits per heavy atom. The first kappa shape index (κ1) is 52.7.